The van der Waals surface area contributed by atoms with Crippen molar-refractivity contribution in [3.05, 3.63) is 0 Å². The van der Waals surface area contributed by atoms with Crippen molar-refractivity contribution >= 4 is 0 Å². The van der Waals surface area contributed by atoms with Gasteiger partial charge in [-0.05, 0) is 26.2 Å². The number of aliphatic hydroxyl groups excluding tert-OH is 1. The van der Waals surface area contributed by atoms with Crippen molar-refractivity contribution in [3.8, 4) is 0 Å². The summed E-state index contributed by atoms with van der Waals surface area (Å²) in [5, 5.41) is 9.12. The molecule has 0 aliphatic heterocycles. The summed E-state index contributed by atoms with van der Waals surface area (Å²) < 4.78 is 5.43. The highest BCUT2D eigenvalue weighted by atomic mass is 16.5. The third kappa shape index (κ3) is 5.56. The van der Waals surface area contributed by atoms with E-state index in [1.165, 1.54) is 6.42 Å². The summed E-state index contributed by atoms with van der Waals surface area (Å²) in [5.41, 5.74) is 0. The molecule has 2 nitrogen and oxygen atoms in total. The predicted octanol–water partition coefficient (Wildman–Crippen LogP) is 2.21. The van der Waals surface area contributed by atoms with Crippen LogP contribution in [0, 0.1) is 5.92 Å². The van der Waals surface area contributed by atoms with Crippen LogP contribution in [0.25, 0.3) is 0 Å². The summed E-state index contributed by atoms with van der Waals surface area (Å²) in [6.45, 7) is 8.83. The second-order valence-electron chi connectivity index (χ2n) is 3.62. The van der Waals surface area contributed by atoms with Crippen LogP contribution in [0.5, 0.6) is 0 Å². The lowest BCUT2D eigenvalue weighted by Gasteiger charge is -2.16. The van der Waals surface area contributed by atoms with Gasteiger partial charge in [0.25, 0.3) is 0 Å². The van der Waals surface area contributed by atoms with Gasteiger partial charge in [-0.2, -0.15) is 0 Å². The molecule has 0 saturated heterocycles. The third-order valence-corrected chi connectivity index (χ3v) is 2.37. The van der Waals surface area contributed by atoms with Crippen molar-refractivity contribution in [2.45, 2.75) is 52.7 Å². The monoisotopic (exact) mass is 174 g/mol. The quantitative estimate of drug-likeness (QED) is 0.669. The van der Waals surface area contributed by atoms with E-state index in [1.807, 2.05) is 6.92 Å². The van der Waals surface area contributed by atoms with E-state index in [4.69, 9.17) is 9.84 Å². The predicted molar refractivity (Wildman–Crippen MR) is 51.2 cm³/mol. The summed E-state index contributed by atoms with van der Waals surface area (Å²) >= 11 is 0. The van der Waals surface area contributed by atoms with Crippen LogP contribution in [0.15, 0.2) is 0 Å². The molecule has 1 N–H and O–H groups in total. The fraction of sp³-hybridized carbons (Fsp3) is 1.00. The topological polar surface area (TPSA) is 29.5 Å². The first-order valence-electron chi connectivity index (χ1n) is 4.87. The normalized spacial score (nSPS) is 18.8. The minimum absolute atomic E-state index is 0.0333. The van der Waals surface area contributed by atoms with Gasteiger partial charge in [0.15, 0.2) is 0 Å². The number of rotatable bonds is 6. The van der Waals surface area contributed by atoms with Gasteiger partial charge in [0.1, 0.15) is 0 Å². The molecule has 74 valence electrons. The Kier molecular flexibility index (Phi) is 6.39. The van der Waals surface area contributed by atoms with Gasteiger partial charge in [0.05, 0.1) is 12.2 Å². The minimum atomic E-state index is -0.359. The number of ether oxygens (including phenoxy) is 1. The van der Waals surface area contributed by atoms with Crippen molar-refractivity contribution in [2.75, 3.05) is 6.61 Å². The van der Waals surface area contributed by atoms with E-state index in [1.54, 1.807) is 6.92 Å². The number of aliphatic hydroxyl groups is 1. The number of hydrogen-bond acceptors (Lipinski definition) is 2. The van der Waals surface area contributed by atoms with Crippen LogP contribution >= 0.6 is 0 Å². The molecule has 0 spiro atoms. The third-order valence-electron chi connectivity index (χ3n) is 2.37. The average Bonchev–Trinajstić information content (AvgIpc) is 2.03. The van der Waals surface area contributed by atoms with Crippen LogP contribution in [0.3, 0.4) is 0 Å². The lowest BCUT2D eigenvalue weighted by atomic mass is 10.1. The maximum Gasteiger partial charge on any atom is 0.0803 e. The Morgan fingerprint density at radius 2 is 1.83 bits per heavy atom. The Bertz CT molecular complexity index is 102. The van der Waals surface area contributed by atoms with Crippen LogP contribution in [0.1, 0.15) is 40.5 Å². The van der Waals surface area contributed by atoms with E-state index in [0.717, 1.165) is 18.9 Å². The first-order valence-corrected chi connectivity index (χ1v) is 4.87. The molecule has 0 radical (unpaired) electrons. The molecule has 0 rings (SSSR count). The van der Waals surface area contributed by atoms with Gasteiger partial charge in [0.2, 0.25) is 0 Å². The fourth-order valence-electron chi connectivity index (χ4n) is 0.799. The molecular formula is C10H22O2. The van der Waals surface area contributed by atoms with Crippen molar-refractivity contribution < 1.29 is 9.84 Å². The van der Waals surface area contributed by atoms with Crippen molar-refractivity contribution in [3.63, 3.8) is 0 Å². The zero-order chi connectivity index (χ0) is 9.56. The van der Waals surface area contributed by atoms with Gasteiger partial charge >= 0.3 is 0 Å². The van der Waals surface area contributed by atoms with Gasteiger partial charge in [-0.1, -0.05) is 20.3 Å². The van der Waals surface area contributed by atoms with Crippen molar-refractivity contribution in [2.24, 2.45) is 5.92 Å². The Hall–Kier alpha value is -0.0800. The molecule has 0 fully saturated rings. The Morgan fingerprint density at radius 1 is 1.25 bits per heavy atom. The highest BCUT2D eigenvalue weighted by Gasteiger charge is 2.08. The molecule has 12 heavy (non-hydrogen) atoms. The van der Waals surface area contributed by atoms with Gasteiger partial charge in [-0.3, -0.25) is 0 Å². The molecule has 0 heterocycles. The van der Waals surface area contributed by atoms with Crippen molar-refractivity contribution in [1.82, 2.24) is 0 Å². The molecular weight excluding hydrogens is 152 g/mol. The largest absolute Gasteiger partial charge is 0.391 e. The SMILES string of the molecule is CCC(C)CCOC(C)C(C)O. The Labute approximate surface area is 75.9 Å². The van der Waals surface area contributed by atoms with Gasteiger partial charge in [-0.15, -0.1) is 0 Å². The first kappa shape index (κ1) is 11.9. The molecule has 0 aliphatic rings. The van der Waals surface area contributed by atoms with Crippen LogP contribution in [0.4, 0.5) is 0 Å². The minimum Gasteiger partial charge on any atom is -0.391 e. The van der Waals surface area contributed by atoms with E-state index in [9.17, 15) is 0 Å². The van der Waals surface area contributed by atoms with Crippen molar-refractivity contribution in [1.29, 1.82) is 0 Å². The van der Waals surface area contributed by atoms with E-state index in [2.05, 4.69) is 13.8 Å². The Morgan fingerprint density at radius 3 is 2.25 bits per heavy atom. The van der Waals surface area contributed by atoms with Crippen LogP contribution < -0.4 is 0 Å². The highest BCUT2D eigenvalue weighted by molar-refractivity contribution is 4.57. The lowest BCUT2D eigenvalue weighted by molar-refractivity contribution is -0.0220. The molecule has 0 aromatic carbocycles. The fourth-order valence-corrected chi connectivity index (χ4v) is 0.799. The second-order valence-corrected chi connectivity index (χ2v) is 3.62. The molecule has 0 saturated carbocycles. The maximum absolute atomic E-state index is 9.12. The lowest BCUT2D eigenvalue weighted by Crippen LogP contribution is -2.23. The molecule has 0 bridgehead atoms. The zero-order valence-corrected chi connectivity index (χ0v) is 8.71. The average molecular weight is 174 g/mol. The maximum atomic E-state index is 9.12. The van der Waals surface area contributed by atoms with Gasteiger partial charge in [-0.25, -0.2) is 0 Å². The molecule has 3 atom stereocenters. The van der Waals surface area contributed by atoms with Gasteiger partial charge in [0, 0.05) is 6.61 Å². The first-order chi connectivity index (χ1) is 5.57. The van der Waals surface area contributed by atoms with E-state index < -0.39 is 0 Å². The van der Waals surface area contributed by atoms with E-state index in [-0.39, 0.29) is 12.2 Å². The van der Waals surface area contributed by atoms with Crippen LogP contribution in [-0.4, -0.2) is 23.9 Å². The second kappa shape index (κ2) is 6.44. The van der Waals surface area contributed by atoms with Crippen LogP contribution in [-0.2, 0) is 4.74 Å². The molecule has 0 aromatic heterocycles. The standard InChI is InChI=1S/C10H22O2/c1-5-8(2)6-7-12-10(4)9(3)11/h8-11H,5-7H2,1-4H3. The van der Waals surface area contributed by atoms with Crippen LogP contribution in [0.2, 0.25) is 0 Å². The van der Waals surface area contributed by atoms with E-state index >= 15 is 0 Å². The summed E-state index contributed by atoms with van der Waals surface area (Å²) in [6, 6.07) is 0. The summed E-state index contributed by atoms with van der Waals surface area (Å²) in [4.78, 5) is 0. The zero-order valence-electron chi connectivity index (χ0n) is 8.71. The number of hydrogen-bond donors (Lipinski definition) is 1. The molecule has 0 aliphatic carbocycles. The smallest absolute Gasteiger partial charge is 0.0803 e. The molecule has 0 aromatic rings. The highest BCUT2D eigenvalue weighted by Crippen LogP contribution is 2.07. The summed E-state index contributed by atoms with van der Waals surface area (Å²) in [6.07, 6.45) is 1.90. The summed E-state index contributed by atoms with van der Waals surface area (Å²) in [7, 11) is 0. The summed E-state index contributed by atoms with van der Waals surface area (Å²) in [5.74, 6) is 0.728. The Balaban J connectivity index is 3.30. The molecule has 0 amide bonds. The molecule has 3 unspecified atom stereocenters. The van der Waals surface area contributed by atoms with Gasteiger partial charge < -0.3 is 9.84 Å². The molecule has 2 heteroatoms. The van der Waals surface area contributed by atoms with E-state index in [0.29, 0.717) is 0 Å².